The Morgan fingerprint density at radius 2 is 0.714 bits per heavy atom. The minimum atomic E-state index is -0.181. The van der Waals surface area contributed by atoms with E-state index in [0.29, 0.717) is 57.2 Å². The summed E-state index contributed by atoms with van der Waals surface area (Å²) in [7, 11) is 2.90. The van der Waals surface area contributed by atoms with Gasteiger partial charge in [0.2, 0.25) is 0 Å². The molecule has 0 aromatic heterocycles. The van der Waals surface area contributed by atoms with E-state index in [1.165, 1.54) is 99.3 Å². The average Bonchev–Trinajstić information content (AvgIpc) is 4.29. The summed E-state index contributed by atoms with van der Waals surface area (Å²) >= 11 is 8.57. The second-order valence-corrected chi connectivity index (χ2v) is 24.5. The van der Waals surface area contributed by atoms with Gasteiger partial charge in [0.25, 0.3) is 0 Å². The molecule has 4 fully saturated rings. The number of rotatable bonds is 17. The van der Waals surface area contributed by atoms with Crippen molar-refractivity contribution in [3.8, 4) is 0 Å². The van der Waals surface area contributed by atoms with Crippen LogP contribution in [0.5, 0.6) is 0 Å². The third-order valence-corrected chi connectivity index (χ3v) is 21.1. The van der Waals surface area contributed by atoms with Crippen LogP contribution in [-0.2, 0) is 31.9 Å². The highest BCUT2D eigenvalue weighted by atomic mass is 32.2. The quantitative estimate of drug-likeness (QED) is 0.0826. The molecule has 6 unspecified atom stereocenters. The lowest BCUT2D eigenvalue weighted by atomic mass is 10.0. The topological polar surface area (TPSA) is 59.1 Å². The van der Waals surface area contributed by atoms with Gasteiger partial charge in [0.15, 0.2) is 0 Å². The van der Waals surface area contributed by atoms with E-state index in [2.05, 4.69) is 202 Å². The zero-order valence-electron chi connectivity index (χ0n) is 40.4. The fourth-order valence-corrected chi connectivity index (χ4v) is 16.8. The number of hydrogen-bond acceptors (Lipinski definition) is 10. The Hall–Kier alpha value is -4.74. The number of aryl methyl sites for hydroxylation is 2. The lowest BCUT2D eigenvalue weighted by molar-refractivity contribution is -0.141. The molecule has 70 heavy (non-hydrogen) atoms. The van der Waals surface area contributed by atoms with Crippen LogP contribution in [0.1, 0.15) is 119 Å². The molecule has 6 aromatic carbocycles. The van der Waals surface area contributed by atoms with Crippen LogP contribution in [-0.4, -0.2) is 48.2 Å². The van der Waals surface area contributed by atoms with Crippen molar-refractivity contribution in [3.63, 3.8) is 0 Å². The molecule has 0 spiro atoms. The first-order chi connectivity index (χ1) is 34.4. The molecular formula is C60H64N2O4S4. The van der Waals surface area contributed by atoms with Crippen molar-refractivity contribution in [2.75, 3.05) is 35.5 Å². The van der Waals surface area contributed by atoms with E-state index in [1.54, 1.807) is 0 Å². The lowest BCUT2D eigenvalue weighted by Crippen LogP contribution is -2.13. The molecule has 6 atom stereocenters. The summed E-state index contributed by atoms with van der Waals surface area (Å²) in [6.07, 6.45) is 12.1. The number of anilines is 6. The van der Waals surface area contributed by atoms with Gasteiger partial charge in [-0.15, -0.1) is 23.5 Å². The molecule has 0 saturated carbocycles. The Balaban J connectivity index is 0.801. The Morgan fingerprint density at radius 3 is 1.00 bits per heavy atom. The average molecular weight is 1010 g/mol. The summed E-state index contributed by atoms with van der Waals surface area (Å²) < 4.78 is 9.78. The number of carbonyl (C=O) groups is 2. The van der Waals surface area contributed by atoms with Crippen LogP contribution < -0.4 is 9.80 Å². The molecule has 0 bridgehead atoms. The van der Waals surface area contributed by atoms with E-state index in [4.69, 9.17) is 9.47 Å². The van der Waals surface area contributed by atoms with Crippen molar-refractivity contribution in [2.45, 2.75) is 109 Å². The van der Waals surface area contributed by atoms with Crippen molar-refractivity contribution in [1.29, 1.82) is 0 Å². The van der Waals surface area contributed by atoms with E-state index in [9.17, 15) is 9.59 Å². The maximum absolute atomic E-state index is 11.8. The van der Waals surface area contributed by atoms with Crippen molar-refractivity contribution in [2.24, 2.45) is 0 Å². The van der Waals surface area contributed by atoms with Gasteiger partial charge >= 0.3 is 11.9 Å². The Kier molecular flexibility index (Phi) is 16.2. The molecule has 4 saturated heterocycles. The maximum Gasteiger partial charge on any atom is 0.305 e. The largest absolute Gasteiger partial charge is 0.469 e. The fraction of sp³-hybridized carbons (Fsp3) is 0.367. The Labute approximate surface area is 432 Å². The monoisotopic (exact) mass is 1000 g/mol. The van der Waals surface area contributed by atoms with Crippen LogP contribution in [0.3, 0.4) is 0 Å². The predicted octanol–water partition coefficient (Wildman–Crippen LogP) is 16.5. The van der Waals surface area contributed by atoms with Crippen LogP contribution in [0.25, 0.3) is 0 Å². The summed E-state index contributed by atoms with van der Waals surface area (Å²) in [6, 6.07) is 54.5. The SMILES string of the molecule is COC(=O)CCc1ccc(N(c2ccc(C3CCCS3)cc2)c2ccc(C3CCC(C4CCC(c5ccc(N(c6ccc(CCC(=O)OC)cc6)c6ccc(C7CCCS7)cc6)cc5)S4)S3)cc2)cc1. The van der Waals surface area contributed by atoms with Crippen LogP contribution in [0.2, 0.25) is 0 Å². The first-order valence-electron chi connectivity index (χ1n) is 25.2. The number of nitrogens with zero attached hydrogens (tertiary/aromatic N) is 2. The molecule has 10 rings (SSSR count). The number of benzene rings is 6. The van der Waals surface area contributed by atoms with Crippen molar-refractivity contribution in [1.82, 2.24) is 0 Å². The Morgan fingerprint density at radius 1 is 0.414 bits per heavy atom. The molecule has 6 nitrogen and oxygen atoms in total. The number of esters is 2. The molecule has 4 aliphatic rings. The van der Waals surface area contributed by atoms with Crippen LogP contribution >= 0.6 is 47.0 Å². The highest BCUT2D eigenvalue weighted by Gasteiger charge is 2.38. The highest BCUT2D eigenvalue weighted by molar-refractivity contribution is 8.04. The first-order valence-corrected chi connectivity index (χ1v) is 29.2. The summed E-state index contributed by atoms with van der Waals surface area (Å²) in [5.74, 6) is 2.14. The molecule has 6 aromatic rings. The maximum atomic E-state index is 11.8. The summed E-state index contributed by atoms with van der Waals surface area (Å²) in [4.78, 5) is 28.4. The second kappa shape index (κ2) is 23.2. The molecule has 0 aliphatic carbocycles. The highest BCUT2D eigenvalue weighted by Crippen LogP contribution is 2.55. The van der Waals surface area contributed by atoms with Gasteiger partial charge in [-0.1, -0.05) is 72.8 Å². The Bertz CT molecular complexity index is 2460. The van der Waals surface area contributed by atoms with E-state index in [0.717, 1.165) is 45.3 Å². The van der Waals surface area contributed by atoms with E-state index >= 15 is 0 Å². The summed E-state index contributed by atoms with van der Waals surface area (Å²) in [6.45, 7) is 0. The number of thioether (sulfide) groups is 4. The predicted molar refractivity (Wildman–Crippen MR) is 298 cm³/mol. The number of methoxy groups -OCH3 is 2. The van der Waals surface area contributed by atoms with Crippen LogP contribution in [0, 0.1) is 0 Å². The molecular weight excluding hydrogens is 941 g/mol. The van der Waals surface area contributed by atoms with E-state index < -0.39 is 0 Å². The zero-order valence-corrected chi connectivity index (χ0v) is 43.6. The lowest BCUT2D eigenvalue weighted by Gasteiger charge is -2.27. The molecule has 4 aliphatic heterocycles. The van der Waals surface area contributed by atoms with Crippen molar-refractivity contribution >= 4 is 93.1 Å². The third kappa shape index (κ3) is 11.6. The van der Waals surface area contributed by atoms with Gasteiger partial charge < -0.3 is 19.3 Å². The van der Waals surface area contributed by atoms with E-state index in [1.807, 2.05) is 0 Å². The van der Waals surface area contributed by atoms with Gasteiger partial charge in [0, 0.05) is 78.5 Å². The molecule has 362 valence electrons. The third-order valence-electron chi connectivity index (χ3n) is 14.6. The molecule has 0 radical (unpaired) electrons. The van der Waals surface area contributed by atoms with Gasteiger partial charge in [-0.05, 0) is 182 Å². The van der Waals surface area contributed by atoms with Gasteiger partial charge in [0.05, 0.1) is 14.2 Å². The number of hydrogen-bond donors (Lipinski definition) is 0. The normalized spacial score (nSPS) is 22.0. The standard InChI is InChI=1S/C60H64N2O4S4/c1-65-59(63)37-11-41-7-21-47(22-8-41)61(49-25-13-43(14-26-49)53-5-3-39-67-53)51-29-17-45(18-30-51)55-33-35-57(69-55)58-36-34-56(70-58)46-19-31-52(32-20-46)62(48-23-9-42(10-24-48)12-38-60(64)66-2)50-27-15-44(16-28-50)54-6-4-40-68-54/h7-10,13-32,53-58H,3-6,11-12,33-40H2,1-2H3. The number of carbonyl (C=O) groups excluding carboxylic acids is 2. The van der Waals surface area contributed by atoms with Crippen LogP contribution in [0.4, 0.5) is 34.1 Å². The molecule has 0 amide bonds. The van der Waals surface area contributed by atoms with Crippen molar-refractivity contribution < 1.29 is 19.1 Å². The first kappa shape index (κ1) is 48.9. The molecule has 10 heteroatoms. The minimum absolute atomic E-state index is 0.181. The smallest absolute Gasteiger partial charge is 0.305 e. The molecule has 4 heterocycles. The van der Waals surface area contributed by atoms with Crippen molar-refractivity contribution in [3.05, 3.63) is 179 Å². The number of ether oxygens (including phenoxy) is 2. The van der Waals surface area contributed by atoms with Gasteiger partial charge in [-0.25, -0.2) is 0 Å². The second-order valence-electron chi connectivity index (χ2n) is 19.0. The van der Waals surface area contributed by atoms with Gasteiger partial charge in [-0.3, -0.25) is 9.59 Å². The van der Waals surface area contributed by atoms with Crippen LogP contribution in [0.15, 0.2) is 146 Å². The molecule has 0 N–H and O–H groups in total. The summed E-state index contributed by atoms with van der Waals surface area (Å²) in [5.41, 5.74) is 14.8. The van der Waals surface area contributed by atoms with Gasteiger partial charge in [-0.2, -0.15) is 23.5 Å². The van der Waals surface area contributed by atoms with Gasteiger partial charge in [0.1, 0.15) is 0 Å². The minimum Gasteiger partial charge on any atom is -0.469 e. The zero-order chi connectivity index (χ0) is 47.8. The summed E-state index contributed by atoms with van der Waals surface area (Å²) in [5, 5.41) is 3.50. The van der Waals surface area contributed by atoms with E-state index in [-0.39, 0.29) is 11.9 Å². The fourth-order valence-electron chi connectivity index (χ4n) is 10.6.